The van der Waals surface area contributed by atoms with E-state index in [-0.39, 0.29) is 0 Å². The van der Waals surface area contributed by atoms with Crippen molar-refractivity contribution in [2.45, 2.75) is 6.92 Å². The van der Waals surface area contributed by atoms with Crippen molar-refractivity contribution < 1.29 is 0 Å². The molecule has 20 heavy (non-hydrogen) atoms. The minimum Gasteiger partial charge on any atom is -0.325 e. The fourth-order valence-corrected chi connectivity index (χ4v) is 1.81. The van der Waals surface area contributed by atoms with Crippen LogP contribution in [0.15, 0.2) is 54.9 Å². The number of rotatable bonds is 3. The summed E-state index contributed by atoms with van der Waals surface area (Å²) in [4.78, 5) is 17.4. The summed E-state index contributed by atoms with van der Waals surface area (Å²) in [5.41, 5.74) is 1.62. The zero-order chi connectivity index (χ0) is 13.8. The molecule has 1 N–H and O–H groups in total. The van der Waals surface area contributed by atoms with E-state index >= 15 is 0 Å². The quantitative estimate of drug-likeness (QED) is 0.787. The standard InChI is InChI=1S/C15H13N5/c1-11-10-14(19-13-7-3-5-9-17-13)20-15(18-11)12-6-2-4-8-16-12/h2-10H,1H3,(H,17,18,19,20). The summed E-state index contributed by atoms with van der Waals surface area (Å²) >= 11 is 0. The van der Waals surface area contributed by atoms with Gasteiger partial charge in [0.05, 0.1) is 0 Å². The van der Waals surface area contributed by atoms with Gasteiger partial charge >= 0.3 is 0 Å². The van der Waals surface area contributed by atoms with Crippen molar-refractivity contribution in [2.75, 3.05) is 5.32 Å². The zero-order valence-electron chi connectivity index (χ0n) is 11.0. The number of pyridine rings is 2. The first kappa shape index (κ1) is 12.2. The van der Waals surface area contributed by atoms with E-state index in [2.05, 4.69) is 25.3 Å². The zero-order valence-corrected chi connectivity index (χ0v) is 11.0. The second kappa shape index (κ2) is 5.44. The van der Waals surface area contributed by atoms with Crippen molar-refractivity contribution in [3.8, 4) is 11.5 Å². The Kier molecular flexibility index (Phi) is 3.33. The van der Waals surface area contributed by atoms with Crippen LogP contribution in [0.4, 0.5) is 11.6 Å². The van der Waals surface area contributed by atoms with Crippen LogP contribution in [0, 0.1) is 6.92 Å². The normalized spacial score (nSPS) is 10.2. The fourth-order valence-electron chi connectivity index (χ4n) is 1.81. The van der Waals surface area contributed by atoms with Gasteiger partial charge in [0.1, 0.15) is 17.3 Å². The molecule has 5 nitrogen and oxygen atoms in total. The summed E-state index contributed by atoms with van der Waals surface area (Å²) < 4.78 is 0. The second-order valence-electron chi connectivity index (χ2n) is 4.27. The molecule has 98 valence electrons. The Morgan fingerprint density at radius 1 is 0.850 bits per heavy atom. The van der Waals surface area contributed by atoms with Gasteiger partial charge in [-0.25, -0.2) is 15.0 Å². The molecule has 0 amide bonds. The summed E-state index contributed by atoms with van der Waals surface area (Å²) in [6, 6.07) is 13.2. The number of anilines is 2. The SMILES string of the molecule is Cc1cc(Nc2ccccn2)nc(-c2ccccn2)n1. The Bertz CT molecular complexity index is 698. The fraction of sp³-hybridized carbons (Fsp3) is 0.0667. The predicted octanol–water partition coefficient (Wildman–Crippen LogP) is 2.99. The van der Waals surface area contributed by atoms with E-state index in [1.807, 2.05) is 49.4 Å². The molecule has 0 aliphatic carbocycles. The third-order valence-corrected chi connectivity index (χ3v) is 2.67. The van der Waals surface area contributed by atoms with Crippen LogP contribution in [0.3, 0.4) is 0 Å². The molecule has 5 heteroatoms. The summed E-state index contributed by atoms with van der Waals surface area (Å²) in [5, 5.41) is 3.16. The van der Waals surface area contributed by atoms with Crippen molar-refractivity contribution in [1.82, 2.24) is 19.9 Å². The third kappa shape index (κ3) is 2.77. The highest BCUT2D eigenvalue weighted by Crippen LogP contribution is 2.17. The average molecular weight is 263 g/mol. The highest BCUT2D eigenvalue weighted by Gasteiger charge is 2.06. The molecule has 0 aromatic carbocycles. The van der Waals surface area contributed by atoms with Crippen molar-refractivity contribution in [2.24, 2.45) is 0 Å². The molecule has 3 rings (SSSR count). The van der Waals surface area contributed by atoms with E-state index in [0.717, 1.165) is 17.2 Å². The van der Waals surface area contributed by atoms with Gasteiger partial charge in [-0.05, 0) is 31.2 Å². The molecule has 0 unspecified atom stereocenters. The monoisotopic (exact) mass is 263 g/mol. The third-order valence-electron chi connectivity index (χ3n) is 2.67. The largest absolute Gasteiger partial charge is 0.325 e. The number of hydrogen-bond donors (Lipinski definition) is 1. The van der Waals surface area contributed by atoms with Crippen LogP contribution in [0.2, 0.25) is 0 Å². The maximum atomic E-state index is 4.47. The molecule has 0 radical (unpaired) electrons. The molecule has 3 heterocycles. The van der Waals surface area contributed by atoms with Crippen LogP contribution in [0.1, 0.15) is 5.69 Å². The van der Waals surface area contributed by atoms with Crippen molar-refractivity contribution in [3.63, 3.8) is 0 Å². The van der Waals surface area contributed by atoms with E-state index in [1.165, 1.54) is 0 Å². The van der Waals surface area contributed by atoms with Gasteiger partial charge in [-0.15, -0.1) is 0 Å². The average Bonchev–Trinajstić information content (AvgIpc) is 2.49. The van der Waals surface area contributed by atoms with E-state index in [1.54, 1.807) is 12.4 Å². The smallest absolute Gasteiger partial charge is 0.180 e. The minimum absolute atomic E-state index is 0.601. The van der Waals surface area contributed by atoms with E-state index in [9.17, 15) is 0 Å². The van der Waals surface area contributed by atoms with Gasteiger partial charge in [0.2, 0.25) is 0 Å². The van der Waals surface area contributed by atoms with Crippen molar-refractivity contribution in [3.05, 3.63) is 60.6 Å². The molecule has 0 aliphatic heterocycles. The molecule has 0 atom stereocenters. The minimum atomic E-state index is 0.601. The van der Waals surface area contributed by atoms with Gasteiger partial charge in [0.25, 0.3) is 0 Å². The van der Waals surface area contributed by atoms with Gasteiger partial charge in [0.15, 0.2) is 5.82 Å². The van der Waals surface area contributed by atoms with Gasteiger partial charge in [-0.2, -0.15) is 0 Å². The molecule has 0 bridgehead atoms. The number of nitrogens with one attached hydrogen (secondary N) is 1. The number of hydrogen-bond acceptors (Lipinski definition) is 5. The first-order chi connectivity index (χ1) is 9.81. The van der Waals surface area contributed by atoms with Gasteiger partial charge in [0, 0.05) is 24.2 Å². The molecule has 0 saturated heterocycles. The Morgan fingerprint density at radius 2 is 1.65 bits per heavy atom. The van der Waals surface area contributed by atoms with Crippen molar-refractivity contribution >= 4 is 11.6 Å². The molecule has 0 saturated carbocycles. The van der Waals surface area contributed by atoms with Crippen LogP contribution in [0.5, 0.6) is 0 Å². The summed E-state index contributed by atoms with van der Waals surface area (Å²) in [5.74, 6) is 2.05. The summed E-state index contributed by atoms with van der Waals surface area (Å²) in [7, 11) is 0. The highest BCUT2D eigenvalue weighted by molar-refractivity contribution is 5.57. The molecular weight excluding hydrogens is 250 g/mol. The molecular formula is C15H13N5. The Morgan fingerprint density at radius 3 is 2.35 bits per heavy atom. The summed E-state index contributed by atoms with van der Waals surface area (Å²) in [6.07, 6.45) is 3.46. The van der Waals surface area contributed by atoms with Crippen LogP contribution in [-0.4, -0.2) is 19.9 Å². The lowest BCUT2D eigenvalue weighted by atomic mass is 10.3. The Labute approximate surface area is 116 Å². The first-order valence-corrected chi connectivity index (χ1v) is 6.26. The van der Waals surface area contributed by atoms with Crippen LogP contribution in [-0.2, 0) is 0 Å². The predicted molar refractivity (Wildman–Crippen MR) is 77.5 cm³/mol. The molecule has 3 aromatic heterocycles. The lowest BCUT2D eigenvalue weighted by Gasteiger charge is -2.07. The van der Waals surface area contributed by atoms with E-state index in [4.69, 9.17) is 0 Å². The van der Waals surface area contributed by atoms with Crippen molar-refractivity contribution in [1.29, 1.82) is 0 Å². The molecule has 0 spiro atoms. The summed E-state index contributed by atoms with van der Waals surface area (Å²) in [6.45, 7) is 1.93. The maximum absolute atomic E-state index is 4.47. The van der Waals surface area contributed by atoms with Crippen LogP contribution >= 0.6 is 0 Å². The topological polar surface area (TPSA) is 63.6 Å². The lowest BCUT2D eigenvalue weighted by molar-refractivity contribution is 1.09. The van der Waals surface area contributed by atoms with Crippen LogP contribution in [0.25, 0.3) is 11.5 Å². The molecule has 0 fully saturated rings. The lowest BCUT2D eigenvalue weighted by Crippen LogP contribution is -2.00. The second-order valence-corrected chi connectivity index (χ2v) is 4.27. The Balaban J connectivity index is 1.95. The Hall–Kier alpha value is -2.82. The highest BCUT2D eigenvalue weighted by atomic mass is 15.1. The van der Waals surface area contributed by atoms with Crippen LogP contribution < -0.4 is 5.32 Å². The van der Waals surface area contributed by atoms with E-state index in [0.29, 0.717) is 11.6 Å². The molecule has 0 aliphatic rings. The van der Waals surface area contributed by atoms with Gasteiger partial charge < -0.3 is 5.32 Å². The van der Waals surface area contributed by atoms with Gasteiger partial charge in [-0.3, -0.25) is 4.98 Å². The first-order valence-electron chi connectivity index (χ1n) is 6.26. The number of aryl methyl sites for hydroxylation is 1. The number of aromatic nitrogens is 4. The molecule has 3 aromatic rings. The maximum Gasteiger partial charge on any atom is 0.180 e. The van der Waals surface area contributed by atoms with E-state index < -0.39 is 0 Å². The number of nitrogens with zero attached hydrogens (tertiary/aromatic N) is 4. The van der Waals surface area contributed by atoms with Gasteiger partial charge in [-0.1, -0.05) is 12.1 Å².